The van der Waals surface area contributed by atoms with Crippen molar-refractivity contribution in [3.63, 3.8) is 0 Å². The van der Waals surface area contributed by atoms with Crippen molar-refractivity contribution >= 4 is 17.7 Å². The van der Waals surface area contributed by atoms with Crippen molar-refractivity contribution in [1.29, 1.82) is 0 Å². The molecule has 18 heavy (non-hydrogen) atoms. The number of thioether (sulfide) groups is 1. The van der Waals surface area contributed by atoms with Crippen molar-refractivity contribution in [3.05, 3.63) is 18.0 Å². The highest BCUT2D eigenvalue weighted by Gasteiger charge is 2.11. The van der Waals surface area contributed by atoms with Gasteiger partial charge in [0.15, 0.2) is 0 Å². The molecule has 4 nitrogen and oxygen atoms in total. The second kappa shape index (κ2) is 8.32. The fraction of sp³-hybridized carbons (Fsp3) is 0.692. The predicted octanol–water partition coefficient (Wildman–Crippen LogP) is 2.16. The highest BCUT2D eigenvalue weighted by atomic mass is 32.2. The molecule has 5 heteroatoms. The largest absolute Gasteiger partial charge is 0.341 e. The molecular weight excluding hydrogens is 244 g/mol. The molecule has 0 aliphatic carbocycles. The van der Waals surface area contributed by atoms with Gasteiger partial charge < -0.3 is 10.2 Å². The lowest BCUT2D eigenvalue weighted by Gasteiger charge is -2.24. The van der Waals surface area contributed by atoms with E-state index in [4.69, 9.17) is 0 Å². The summed E-state index contributed by atoms with van der Waals surface area (Å²) in [6.45, 7) is 6.11. The third-order valence-electron chi connectivity index (χ3n) is 2.99. The van der Waals surface area contributed by atoms with Crippen molar-refractivity contribution in [1.82, 2.24) is 15.3 Å². The number of rotatable bonds is 8. The smallest absolute Gasteiger partial charge is 0.225 e. The summed E-state index contributed by atoms with van der Waals surface area (Å²) in [5, 5.41) is 3.27. The van der Waals surface area contributed by atoms with Gasteiger partial charge in [0, 0.05) is 37.6 Å². The lowest BCUT2D eigenvalue weighted by Crippen LogP contribution is -2.31. The molecular formula is C13H24N4S. The normalized spacial score (nSPS) is 12.4. The number of nitrogens with zero attached hydrogens (tertiary/aromatic N) is 3. The Balaban J connectivity index is 2.55. The molecule has 1 rings (SSSR count). The summed E-state index contributed by atoms with van der Waals surface area (Å²) < 4.78 is 0. The van der Waals surface area contributed by atoms with E-state index in [0.29, 0.717) is 6.04 Å². The van der Waals surface area contributed by atoms with Gasteiger partial charge in [-0.1, -0.05) is 6.92 Å². The molecule has 0 saturated carbocycles. The third kappa shape index (κ3) is 4.82. The fourth-order valence-electron chi connectivity index (χ4n) is 1.57. The van der Waals surface area contributed by atoms with Gasteiger partial charge in [-0.2, -0.15) is 11.8 Å². The highest BCUT2D eigenvalue weighted by molar-refractivity contribution is 7.98. The molecule has 0 radical (unpaired) electrons. The van der Waals surface area contributed by atoms with Gasteiger partial charge in [-0.15, -0.1) is 0 Å². The molecule has 0 amide bonds. The van der Waals surface area contributed by atoms with Crippen molar-refractivity contribution in [2.24, 2.45) is 0 Å². The number of hydrogen-bond donors (Lipinski definition) is 1. The van der Waals surface area contributed by atoms with Crippen LogP contribution in [0.3, 0.4) is 0 Å². The van der Waals surface area contributed by atoms with E-state index in [2.05, 4.69) is 47.3 Å². The molecule has 1 unspecified atom stereocenters. The van der Waals surface area contributed by atoms with Gasteiger partial charge in [0.1, 0.15) is 0 Å². The summed E-state index contributed by atoms with van der Waals surface area (Å²) >= 11 is 1.88. The summed E-state index contributed by atoms with van der Waals surface area (Å²) in [5.74, 6) is 1.98. The molecule has 102 valence electrons. The van der Waals surface area contributed by atoms with Crippen LogP contribution in [0.5, 0.6) is 0 Å². The Kier molecular flexibility index (Phi) is 7.05. The van der Waals surface area contributed by atoms with E-state index in [9.17, 15) is 0 Å². The number of anilines is 1. The Morgan fingerprint density at radius 2 is 2.06 bits per heavy atom. The molecule has 1 aromatic heterocycles. The van der Waals surface area contributed by atoms with Gasteiger partial charge in [0.2, 0.25) is 5.95 Å². The highest BCUT2D eigenvalue weighted by Crippen LogP contribution is 2.12. The minimum Gasteiger partial charge on any atom is -0.341 e. The first-order chi connectivity index (χ1) is 8.69. The first kappa shape index (κ1) is 15.2. The fourth-order valence-corrected chi connectivity index (χ4v) is 2.15. The Bertz CT molecular complexity index is 328. The predicted molar refractivity (Wildman–Crippen MR) is 80.3 cm³/mol. The van der Waals surface area contributed by atoms with Gasteiger partial charge in [0.25, 0.3) is 0 Å². The van der Waals surface area contributed by atoms with Gasteiger partial charge in [-0.3, -0.25) is 0 Å². The maximum absolute atomic E-state index is 4.43. The molecule has 1 heterocycles. The lowest BCUT2D eigenvalue weighted by atomic mass is 10.2. The Hall–Kier alpha value is -0.810. The first-order valence-corrected chi connectivity index (χ1v) is 7.81. The quantitative estimate of drug-likeness (QED) is 0.782. The standard InChI is InChI=1S/C13H24N4S/c1-5-14-8-12-9-15-13(16-10-12)17(3)11(2)6-7-18-4/h9-11,14H,5-8H2,1-4H3. The van der Waals surface area contributed by atoms with Crippen LogP contribution in [0, 0.1) is 0 Å². The molecule has 0 bridgehead atoms. The summed E-state index contributed by atoms with van der Waals surface area (Å²) in [6, 6.07) is 0.470. The van der Waals surface area contributed by atoms with Crippen molar-refractivity contribution in [2.75, 3.05) is 30.5 Å². The molecule has 1 aromatic rings. The van der Waals surface area contributed by atoms with Crippen LogP contribution in [-0.4, -0.2) is 41.6 Å². The SMILES string of the molecule is CCNCc1cnc(N(C)C(C)CCSC)nc1. The van der Waals surface area contributed by atoms with E-state index >= 15 is 0 Å². The van der Waals surface area contributed by atoms with Crippen LogP contribution in [0.4, 0.5) is 5.95 Å². The first-order valence-electron chi connectivity index (χ1n) is 6.42. The second-order valence-corrected chi connectivity index (χ2v) is 5.40. The average Bonchev–Trinajstić information content (AvgIpc) is 2.42. The summed E-state index contributed by atoms with van der Waals surface area (Å²) in [4.78, 5) is 11.0. The minimum atomic E-state index is 0.470. The maximum Gasteiger partial charge on any atom is 0.225 e. The van der Waals surface area contributed by atoms with Crippen LogP contribution < -0.4 is 10.2 Å². The van der Waals surface area contributed by atoms with E-state index in [1.54, 1.807) is 0 Å². The topological polar surface area (TPSA) is 41.1 Å². The van der Waals surface area contributed by atoms with E-state index in [1.165, 1.54) is 5.75 Å². The van der Waals surface area contributed by atoms with Crippen LogP contribution in [0.1, 0.15) is 25.8 Å². The molecule has 0 fully saturated rings. The van der Waals surface area contributed by atoms with E-state index in [0.717, 1.165) is 31.0 Å². The second-order valence-electron chi connectivity index (χ2n) is 4.41. The number of hydrogen-bond acceptors (Lipinski definition) is 5. The zero-order chi connectivity index (χ0) is 13.4. The van der Waals surface area contributed by atoms with Gasteiger partial charge in [0.05, 0.1) is 0 Å². The minimum absolute atomic E-state index is 0.470. The monoisotopic (exact) mass is 268 g/mol. The van der Waals surface area contributed by atoms with Crippen LogP contribution in [0.15, 0.2) is 12.4 Å². The van der Waals surface area contributed by atoms with Gasteiger partial charge >= 0.3 is 0 Å². The zero-order valence-corrected chi connectivity index (χ0v) is 12.6. The van der Waals surface area contributed by atoms with E-state index in [-0.39, 0.29) is 0 Å². The van der Waals surface area contributed by atoms with Crippen LogP contribution in [-0.2, 0) is 6.54 Å². The molecule has 0 aliphatic rings. The average molecular weight is 268 g/mol. The molecule has 0 spiro atoms. The Morgan fingerprint density at radius 1 is 1.39 bits per heavy atom. The van der Waals surface area contributed by atoms with Crippen molar-refractivity contribution in [3.8, 4) is 0 Å². The van der Waals surface area contributed by atoms with Gasteiger partial charge in [-0.05, 0) is 31.9 Å². The summed E-state index contributed by atoms with van der Waals surface area (Å²) in [5.41, 5.74) is 1.13. The number of aromatic nitrogens is 2. The molecule has 1 atom stereocenters. The third-order valence-corrected chi connectivity index (χ3v) is 3.63. The molecule has 0 aliphatic heterocycles. The Labute approximate surface area is 115 Å². The van der Waals surface area contributed by atoms with Crippen LogP contribution in [0.2, 0.25) is 0 Å². The van der Waals surface area contributed by atoms with Crippen molar-refractivity contribution in [2.45, 2.75) is 32.9 Å². The zero-order valence-electron chi connectivity index (χ0n) is 11.8. The maximum atomic E-state index is 4.43. The summed E-state index contributed by atoms with van der Waals surface area (Å²) in [7, 11) is 2.06. The van der Waals surface area contributed by atoms with Crippen LogP contribution >= 0.6 is 11.8 Å². The lowest BCUT2D eigenvalue weighted by molar-refractivity contribution is 0.651. The molecule has 0 saturated heterocycles. The summed E-state index contributed by atoms with van der Waals surface area (Å²) in [6.07, 6.45) is 7.10. The van der Waals surface area contributed by atoms with E-state index in [1.807, 2.05) is 24.2 Å². The van der Waals surface area contributed by atoms with E-state index < -0.39 is 0 Å². The molecule has 0 aromatic carbocycles. The van der Waals surface area contributed by atoms with Crippen LogP contribution in [0.25, 0.3) is 0 Å². The Morgan fingerprint density at radius 3 is 2.61 bits per heavy atom. The number of nitrogens with one attached hydrogen (secondary N) is 1. The molecule has 1 N–H and O–H groups in total. The van der Waals surface area contributed by atoms with Gasteiger partial charge in [-0.25, -0.2) is 9.97 Å². The van der Waals surface area contributed by atoms with Crippen molar-refractivity contribution < 1.29 is 0 Å².